The molecule has 0 amide bonds. The summed E-state index contributed by atoms with van der Waals surface area (Å²) in [4.78, 5) is 10.5. The summed E-state index contributed by atoms with van der Waals surface area (Å²) in [5.74, 6) is 1.50. The van der Waals surface area contributed by atoms with Crippen molar-refractivity contribution in [2.24, 2.45) is 0 Å². The zero-order chi connectivity index (χ0) is 27.1. The summed E-state index contributed by atoms with van der Waals surface area (Å²) in [6, 6.07) is 38.3. The third-order valence-electron chi connectivity index (χ3n) is 7.97. The Kier molecular flexibility index (Phi) is 4.82. The molecule has 0 spiro atoms. The van der Waals surface area contributed by atoms with Gasteiger partial charge in [-0.3, -0.25) is 4.57 Å². The third kappa shape index (κ3) is 3.26. The van der Waals surface area contributed by atoms with Crippen LogP contribution < -0.4 is 4.74 Å². The number of ether oxygens (including phenoxy) is 1. The normalized spacial score (nSPS) is 12.0. The number of aromatic nitrogens is 3. The van der Waals surface area contributed by atoms with Crippen LogP contribution >= 0.6 is 22.7 Å². The van der Waals surface area contributed by atoms with Crippen molar-refractivity contribution >= 4 is 85.0 Å². The number of nitrogens with zero attached hydrogens (tertiary/aromatic N) is 3. The van der Waals surface area contributed by atoms with Crippen LogP contribution in [0.5, 0.6) is 5.75 Å². The summed E-state index contributed by atoms with van der Waals surface area (Å²) < 4.78 is 11.6. The van der Waals surface area contributed by atoms with Crippen molar-refractivity contribution in [1.82, 2.24) is 14.5 Å². The molecule has 4 nitrogen and oxygen atoms in total. The van der Waals surface area contributed by atoms with Gasteiger partial charge in [0.1, 0.15) is 5.75 Å². The lowest BCUT2D eigenvalue weighted by atomic mass is 10.1. The Bertz CT molecular complexity index is 2470. The van der Waals surface area contributed by atoms with Gasteiger partial charge in [-0.2, -0.15) is 0 Å². The average Bonchev–Trinajstić information content (AvgIpc) is 3.68. The molecule has 6 heteroatoms. The Balaban J connectivity index is 1.42. The fourth-order valence-electron chi connectivity index (χ4n) is 6.11. The molecule has 0 radical (unpaired) electrons. The number of hydrogen-bond acceptors (Lipinski definition) is 5. The molecular weight excluding hydrogens is 543 g/mol. The highest BCUT2D eigenvalue weighted by Gasteiger charge is 2.22. The summed E-state index contributed by atoms with van der Waals surface area (Å²) in [6.45, 7) is 0. The van der Waals surface area contributed by atoms with E-state index in [1.54, 1.807) is 7.11 Å². The van der Waals surface area contributed by atoms with Crippen molar-refractivity contribution < 1.29 is 4.74 Å². The summed E-state index contributed by atoms with van der Waals surface area (Å²) in [5.41, 5.74) is 5.12. The van der Waals surface area contributed by atoms with Crippen molar-refractivity contribution in [3.63, 3.8) is 0 Å². The second kappa shape index (κ2) is 8.61. The van der Waals surface area contributed by atoms with Crippen molar-refractivity contribution in [1.29, 1.82) is 0 Å². The van der Waals surface area contributed by atoms with Crippen molar-refractivity contribution in [2.75, 3.05) is 7.11 Å². The van der Waals surface area contributed by atoms with Crippen LogP contribution in [0.3, 0.4) is 0 Å². The van der Waals surface area contributed by atoms with Gasteiger partial charge in [0.25, 0.3) is 0 Å². The maximum absolute atomic E-state index is 5.42. The summed E-state index contributed by atoms with van der Waals surface area (Å²) in [6.07, 6.45) is 0. The highest BCUT2D eigenvalue weighted by atomic mass is 32.2. The molecule has 9 rings (SSSR count). The highest BCUT2D eigenvalue weighted by Crippen LogP contribution is 2.48. The van der Waals surface area contributed by atoms with E-state index in [9.17, 15) is 0 Å². The van der Waals surface area contributed by atoms with Crippen LogP contribution in [0.15, 0.2) is 109 Å². The zero-order valence-electron chi connectivity index (χ0n) is 22.0. The fraction of sp³-hybridized carbons (Fsp3) is 0.0286. The van der Waals surface area contributed by atoms with Crippen LogP contribution in [0.2, 0.25) is 0 Å². The number of hydrogen-bond donors (Lipinski definition) is 0. The predicted octanol–water partition coefficient (Wildman–Crippen LogP) is 9.99. The first kappa shape index (κ1) is 23.0. The third-order valence-corrected chi connectivity index (χ3v) is 10.4. The molecule has 4 heterocycles. The molecule has 9 aromatic rings. The van der Waals surface area contributed by atoms with Gasteiger partial charge in [0, 0.05) is 42.6 Å². The quantitative estimate of drug-likeness (QED) is 0.215. The van der Waals surface area contributed by atoms with Crippen molar-refractivity contribution in [3.05, 3.63) is 109 Å². The average molecular weight is 564 g/mol. The molecule has 0 fully saturated rings. The molecule has 0 aliphatic heterocycles. The van der Waals surface area contributed by atoms with E-state index in [0.717, 1.165) is 38.9 Å². The first-order chi connectivity index (χ1) is 20.3. The molecule has 0 aliphatic rings. The van der Waals surface area contributed by atoms with Crippen molar-refractivity contribution in [2.45, 2.75) is 0 Å². The minimum Gasteiger partial charge on any atom is -0.497 e. The van der Waals surface area contributed by atoms with Crippen molar-refractivity contribution in [3.8, 4) is 23.0 Å². The molecule has 0 bridgehead atoms. The first-order valence-corrected chi connectivity index (χ1v) is 15.1. The Morgan fingerprint density at radius 2 is 1.37 bits per heavy atom. The van der Waals surface area contributed by atoms with E-state index in [-0.39, 0.29) is 0 Å². The van der Waals surface area contributed by atoms with Crippen LogP contribution in [-0.2, 0) is 0 Å². The molecule has 0 saturated carbocycles. The van der Waals surface area contributed by atoms with E-state index in [1.165, 1.54) is 40.3 Å². The predicted molar refractivity (Wildman–Crippen MR) is 174 cm³/mol. The maximum Gasteiger partial charge on any atom is 0.235 e. The lowest BCUT2D eigenvalue weighted by Crippen LogP contribution is -2.03. The number of thiophene rings is 2. The Labute approximate surface area is 242 Å². The van der Waals surface area contributed by atoms with Crippen LogP contribution in [0, 0.1) is 0 Å². The van der Waals surface area contributed by atoms with Crippen LogP contribution in [0.25, 0.3) is 79.5 Å². The highest BCUT2D eigenvalue weighted by molar-refractivity contribution is 7.45. The smallest absolute Gasteiger partial charge is 0.235 e. The molecule has 41 heavy (non-hydrogen) atoms. The Morgan fingerprint density at radius 3 is 2.22 bits per heavy atom. The minimum atomic E-state index is 0.676. The second-order valence-electron chi connectivity index (χ2n) is 10.2. The minimum absolute atomic E-state index is 0.676. The van der Waals surface area contributed by atoms with Gasteiger partial charge in [-0.05, 0) is 42.5 Å². The number of methoxy groups -OCH3 is 1. The Morgan fingerprint density at radius 1 is 0.634 bits per heavy atom. The van der Waals surface area contributed by atoms with E-state index in [0.29, 0.717) is 5.95 Å². The Hall–Kier alpha value is -4.78. The molecule has 0 aliphatic carbocycles. The fourth-order valence-corrected chi connectivity index (χ4v) is 8.83. The van der Waals surface area contributed by atoms with Gasteiger partial charge in [-0.25, -0.2) is 9.97 Å². The van der Waals surface area contributed by atoms with E-state index < -0.39 is 0 Å². The van der Waals surface area contributed by atoms with Gasteiger partial charge >= 0.3 is 0 Å². The number of para-hydroxylation sites is 2. The molecule has 5 aromatic carbocycles. The van der Waals surface area contributed by atoms with Gasteiger partial charge in [-0.1, -0.05) is 66.7 Å². The van der Waals surface area contributed by atoms with Gasteiger partial charge < -0.3 is 4.74 Å². The standard InChI is InChI=1S/C35H21N3OS2/c1-39-21-16-14-20(15-17-21)31-24-9-2-5-11-27(24)36-35(37-31)38-28-12-6-3-8-22(28)23-18-19-26-30-25-10-4-7-13-29(25)40-34(30)41-33(26)32(23)38/h2-19H,1H3. The first-order valence-electron chi connectivity index (χ1n) is 13.5. The van der Waals surface area contributed by atoms with Crippen LogP contribution in [0.1, 0.15) is 0 Å². The number of rotatable bonds is 3. The molecule has 0 saturated heterocycles. The topological polar surface area (TPSA) is 39.9 Å². The SMILES string of the molecule is COc1ccc(-c2nc(-n3c4ccccc4c4ccc5c(sc6sc7ccccc7c65)c43)nc3ccccc23)cc1. The van der Waals surface area contributed by atoms with Crippen LogP contribution in [-0.4, -0.2) is 21.6 Å². The number of benzene rings is 5. The lowest BCUT2D eigenvalue weighted by molar-refractivity contribution is 0.415. The summed E-state index contributed by atoms with van der Waals surface area (Å²) >= 11 is 3.75. The van der Waals surface area contributed by atoms with Crippen LogP contribution in [0.4, 0.5) is 0 Å². The van der Waals surface area contributed by atoms with E-state index >= 15 is 0 Å². The van der Waals surface area contributed by atoms with E-state index in [4.69, 9.17) is 14.7 Å². The summed E-state index contributed by atoms with van der Waals surface area (Å²) in [5, 5.41) is 7.40. The largest absolute Gasteiger partial charge is 0.497 e. The maximum atomic E-state index is 5.42. The van der Waals surface area contributed by atoms with Gasteiger partial charge in [0.05, 0.1) is 38.1 Å². The van der Waals surface area contributed by atoms with Gasteiger partial charge in [0.15, 0.2) is 0 Å². The van der Waals surface area contributed by atoms with E-state index in [2.05, 4.69) is 89.5 Å². The molecule has 0 atom stereocenters. The molecule has 194 valence electrons. The molecule has 0 unspecified atom stereocenters. The summed E-state index contributed by atoms with van der Waals surface area (Å²) in [7, 11) is 1.69. The lowest BCUT2D eigenvalue weighted by Gasteiger charge is -2.12. The second-order valence-corrected chi connectivity index (χ2v) is 12.5. The molecule has 4 aromatic heterocycles. The molecular formula is C35H21N3OS2. The zero-order valence-corrected chi connectivity index (χ0v) is 23.6. The molecule has 0 N–H and O–H groups in total. The number of fused-ring (bicyclic) bond motifs is 10. The van der Waals surface area contributed by atoms with Gasteiger partial charge in [0.2, 0.25) is 5.95 Å². The monoisotopic (exact) mass is 563 g/mol. The van der Waals surface area contributed by atoms with Gasteiger partial charge in [-0.15, -0.1) is 22.7 Å². The van der Waals surface area contributed by atoms with E-state index in [1.807, 2.05) is 46.9 Å².